The summed E-state index contributed by atoms with van der Waals surface area (Å²) in [5, 5.41) is 16.1. The molecule has 8 heteroatoms. The van der Waals surface area contributed by atoms with Crippen LogP contribution in [0.5, 0.6) is 0 Å². The number of hydrogen-bond donors (Lipinski definition) is 3. The van der Waals surface area contributed by atoms with E-state index in [1.165, 1.54) is 0 Å². The Morgan fingerprint density at radius 2 is 2.14 bits per heavy atom. The average molecular weight is 391 g/mol. The number of carbonyl (C=O) groups is 3. The van der Waals surface area contributed by atoms with E-state index in [4.69, 9.17) is 4.42 Å². The van der Waals surface area contributed by atoms with Gasteiger partial charge in [-0.25, -0.2) is 4.79 Å². The van der Waals surface area contributed by atoms with E-state index in [0.29, 0.717) is 23.5 Å². The van der Waals surface area contributed by atoms with Crippen molar-refractivity contribution >= 4 is 17.8 Å². The van der Waals surface area contributed by atoms with Gasteiger partial charge in [0.2, 0.25) is 5.91 Å². The lowest BCUT2D eigenvalue weighted by atomic mass is 9.73. The minimum absolute atomic E-state index is 0.0406. The summed E-state index contributed by atoms with van der Waals surface area (Å²) in [4.78, 5) is 38.6. The molecule has 3 N–H and O–H groups in total. The molecule has 1 spiro atoms. The van der Waals surface area contributed by atoms with E-state index >= 15 is 0 Å². The summed E-state index contributed by atoms with van der Waals surface area (Å²) in [6.07, 6.45) is 3.39. The zero-order valence-electron chi connectivity index (χ0n) is 16.9. The molecule has 2 aliphatic rings. The predicted octanol–water partition coefficient (Wildman–Crippen LogP) is 1.72. The molecular weight excluding hydrogens is 362 g/mol. The van der Waals surface area contributed by atoms with Gasteiger partial charge >= 0.3 is 6.03 Å². The van der Waals surface area contributed by atoms with Crippen molar-refractivity contribution in [3.05, 3.63) is 23.2 Å². The van der Waals surface area contributed by atoms with Crippen LogP contribution < -0.4 is 10.6 Å². The van der Waals surface area contributed by atoms with Crippen LogP contribution in [0, 0.1) is 19.8 Å². The van der Waals surface area contributed by atoms with Gasteiger partial charge in [0, 0.05) is 5.56 Å². The average Bonchev–Trinajstić information content (AvgIpc) is 3.08. The first-order valence-electron chi connectivity index (χ1n) is 9.77. The third kappa shape index (κ3) is 3.53. The molecule has 1 saturated heterocycles. The predicted molar refractivity (Wildman–Crippen MR) is 101 cm³/mol. The van der Waals surface area contributed by atoms with E-state index in [-0.39, 0.29) is 24.9 Å². The zero-order chi connectivity index (χ0) is 20.7. The van der Waals surface area contributed by atoms with Crippen molar-refractivity contribution in [1.29, 1.82) is 0 Å². The summed E-state index contributed by atoms with van der Waals surface area (Å²) < 4.78 is 5.44. The Labute approximate surface area is 164 Å². The van der Waals surface area contributed by atoms with E-state index in [9.17, 15) is 19.5 Å². The molecule has 3 rings (SSSR count). The molecule has 0 aromatic carbocycles. The van der Waals surface area contributed by atoms with Gasteiger partial charge in [-0.05, 0) is 45.6 Å². The summed E-state index contributed by atoms with van der Waals surface area (Å²) in [5.41, 5.74) is -1.62. The van der Waals surface area contributed by atoms with Crippen LogP contribution in [0.4, 0.5) is 4.79 Å². The number of furan rings is 1. The topological polar surface area (TPSA) is 112 Å². The number of aliphatic hydroxyl groups is 1. The van der Waals surface area contributed by atoms with Crippen molar-refractivity contribution in [2.24, 2.45) is 5.92 Å². The second-order valence-electron chi connectivity index (χ2n) is 8.32. The van der Waals surface area contributed by atoms with Crippen molar-refractivity contribution in [2.75, 3.05) is 13.1 Å². The second kappa shape index (κ2) is 7.24. The Kier molecular flexibility index (Phi) is 5.27. The smallest absolute Gasteiger partial charge is 0.325 e. The maximum absolute atomic E-state index is 12.9. The number of aryl methyl sites for hydroxylation is 2. The van der Waals surface area contributed by atoms with Gasteiger partial charge in [0.25, 0.3) is 5.91 Å². The number of amides is 4. The van der Waals surface area contributed by atoms with Crippen LogP contribution in [0.2, 0.25) is 0 Å². The summed E-state index contributed by atoms with van der Waals surface area (Å²) in [7, 11) is 0. The highest BCUT2D eigenvalue weighted by Crippen LogP contribution is 2.38. The van der Waals surface area contributed by atoms with E-state index < -0.39 is 23.1 Å². The van der Waals surface area contributed by atoms with E-state index in [0.717, 1.165) is 24.2 Å². The Bertz CT molecular complexity index is 800. The van der Waals surface area contributed by atoms with Crippen molar-refractivity contribution in [1.82, 2.24) is 15.5 Å². The SMILES string of the molecule is Cc1cc([C@](C)(O)CNC(=O)CN2C(=O)N[C@@]3(CCCC[C@@H]3C)C2=O)c(C)o1. The van der Waals surface area contributed by atoms with Crippen LogP contribution >= 0.6 is 0 Å². The molecule has 1 aromatic rings. The number of nitrogens with zero attached hydrogens (tertiary/aromatic N) is 1. The Hall–Kier alpha value is -2.35. The van der Waals surface area contributed by atoms with Crippen molar-refractivity contribution in [2.45, 2.75) is 64.5 Å². The summed E-state index contributed by atoms with van der Waals surface area (Å²) >= 11 is 0. The monoisotopic (exact) mass is 391 g/mol. The fourth-order valence-corrected chi connectivity index (χ4v) is 4.37. The van der Waals surface area contributed by atoms with Crippen molar-refractivity contribution in [3.63, 3.8) is 0 Å². The molecule has 1 saturated carbocycles. The number of imide groups is 1. The molecule has 8 nitrogen and oxygen atoms in total. The lowest BCUT2D eigenvalue weighted by molar-refractivity contribution is -0.137. The maximum atomic E-state index is 12.9. The van der Waals surface area contributed by atoms with Gasteiger partial charge in [-0.1, -0.05) is 19.8 Å². The van der Waals surface area contributed by atoms with Crippen LogP contribution in [0.15, 0.2) is 10.5 Å². The first kappa shape index (κ1) is 20.4. The molecule has 4 amide bonds. The fourth-order valence-electron chi connectivity index (χ4n) is 4.37. The molecule has 1 aliphatic heterocycles. The van der Waals surface area contributed by atoms with Gasteiger partial charge in [0.15, 0.2) is 0 Å². The number of carbonyl (C=O) groups excluding carboxylic acids is 3. The number of hydrogen-bond acceptors (Lipinski definition) is 5. The lowest BCUT2D eigenvalue weighted by Gasteiger charge is -2.36. The quantitative estimate of drug-likeness (QED) is 0.662. The van der Waals surface area contributed by atoms with Gasteiger partial charge in [-0.2, -0.15) is 0 Å². The van der Waals surface area contributed by atoms with E-state index in [1.54, 1.807) is 26.8 Å². The number of nitrogens with one attached hydrogen (secondary N) is 2. The third-order valence-electron chi connectivity index (χ3n) is 6.05. The minimum Gasteiger partial charge on any atom is -0.466 e. The van der Waals surface area contributed by atoms with E-state index in [2.05, 4.69) is 10.6 Å². The molecule has 0 unspecified atom stereocenters. The highest BCUT2D eigenvalue weighted by molar-refractivity contribution is 6.09. The first-order chi connectivity index (χ1) is 13.1. The van der Waals surface area contributed by atoms with Crippen LogP contribution in [0.3, 0.4) is 0 Å². The molecule has 154 valence electrons. The molecule has 1 aliphatic carbocycles. The molecule has 0 bridgehead atoms. The standard InChI is InChI=1S/C20H29N3O5/c1-12-7-5-6-8-20(12)17(25)23(18(26)22-20)10-16(24)21-11-19(4,27)15-9-13(2)28-14(15)3/h9,12,27H,5-8,10-11H2,1-4H3,(H,21,24)(H,22,26)/t12-,19+,20+/m0/s1. The van der Waals surface area contributed by atoms with Gasteiger partial charge < -0.3 is 20.2 Å². The third-order valence-corrected chi connectivity index (χ3v) is 6.05. The fraction of sp³-hybridized carbons (Fsp3) is 0.650. The lowest BCUT2D eigenvalue weighted by Crippen LogP contribution is -2.54. The molecule has 0 radical (unpaired) electrons. The largest absolute Gasteiger partial charge is 0.466 e. The van der Waals surface area contributed by atoms with Crippen molar-refractivity contribution < 1.29 is 23.9 Å². The molecular formula is C20H29N3O5. The normalized spacial score (nSPS) is 27.0. The second-order valence-corrected chi connectivity index (χ2v) is 8.32. The van der Waals surface area contributed by atoms with Crippen LogP contribution in [-0.4, -0.2) is 46.5 Å². The first-order valence-corrected chi connectivity index (χ1v) is 9.77. The Morgan fingerprint density at radius 3 is 2.75 bits per heavy atom. The summed E-state index contributed by atoms with van der Waals surface area (Å²) in [6.45, 7) is 6.65. The van der Waals surface area contributed by atoms with Gasteiger partial charge in [0.1, 0.15) is 29.2 Å². The molecule has 1 aromatic heterocycles. The van der Waals surface area contributed by atoms with Gasteiger partial charge in [0.05, 0.1) is 6.54 Å². The zero-order valence-corrected chi connectivity index (χ0v) is 16.9. The molecule has 3 atom stereocenters. The minimum atomic E-state index is -1.33. The van der Waals surface area contributed by atoms with Gasteiger partial charge in [-0.15, -0.1) is 0 Å². The Morgan fingerprint density at radius 1 is 1.43 bits per heavy atom. The van der Waals surface area contributed by atoms with Crippen molar-refractivity contribution in [3.8, 4) is 0 Å². The van der Waals surface area contributed by atoms with Crippen LogP contribution in [-0.2, 0) is 15.2 Å². The molecule has 2 fully saturated rings. The Balaban J connectivity index is 1.62. The van der Waals surface area contributed by atoms with Crippen LogP contribution in [0.1, 0.15) is 56.6 Å². The van der Waals surface area contributed by atoms with Crippen LogP contribution in [0.25, 0.3) is 0 Å². The molecule has 28 heavy (non-hydrogen) atoms. The number of rotatable bonds is 5. The molecule has 2 heterocycles. The number of urea groups is 1. The summed E-state index contributed by atoms with van der Waals surface area (Å²) in [5.74, 6) is 0.471. The highest BCUT2D eigenvalue weighted by atomic mass is 16.3. The summed E-state index contributed by atoms with van der Waals surface area (Å²) in [6, 6.07) is 1.20. The van der Waals surface area contributed by atoms with Gasteiger partial charge in [-0.3, -0.25) is 14.5 Å². The van der Waals surface area contributed by atoms with E-state index in [1.807, 2.05) is 6.92 Å². The highest BCUT2D eigenvalue weighted by Gasteiger charge is 2.55. The maximum Gasteiger partial charge on any atom is 0.325 e.